The zero-order valence-corrected chi connectivity index (χ0v) is 13.3. The first-order valence-electron chi connectivity index (χ1n) is 8.23. The van der Waals surface area contributed by atoms with Gasteiger partial charge in [-0.05, 0) is 42.9 Å². The standard InChI is InChI=1S/C18H30N2/c1-4-5-12-20(17-10-11-17)18(13-19)16-8-6-15(7-9-16)14(2)3/h6-9,14,17-18H,4-5,10-13,19H2,1-3H3. The van der Waals surface area contributed by atoms with Gasteiger partial charge in [0.1, 0.15) is 0 Å². The Balaban J connectivity index is 2.12. The topological polar surface area (TPSA) is 29.3 Å². The van der Waals surface area contributed by atoms with Gasteiger partial charge >= 0.3 is 0 Å². The highest BCUT2D eigenvalue weighted by Gasteiger charge is 2.33. The van der Waals surface area contributed by atoms with E-state index in [0.29, 0.717) is 12.0 Å². The van der Waals surface area contributed by atoms with Gasteiger partial charge in [0.2, 0.25) is 0 Å². The zero-order chi connectivity index (χ0) is 14.5. The SMILES string of the molecule is CCCCN(C1CC1)C(CN)c1ccc(C(C)C)cc1. The molecule has 0 aliphatic heterocycles. The minimum Gasteiger partial charge on any atom is -0.329 e. The summed E-state index contributed by atoms with van der Waals surface area (Å²) in [5, 5.41) is 0. The summed E-state index contributed by atoms with van der Waals surface area (Å²) in [6.45, 7) is 8.66. The number of rotatable bonds is 8. The molecule has 0 amide bonds. The van der Waals surface area contributed by atoms with Gasteiger partial charge < -0.3 is 5.73 Å². The molecule has 2 rings (SSSR count). The molecule has 0 bridgehead atoms. The number of unbranched alkanes of at least 4 members (excludes halogenated alkanes) is 1. The van der Waals surface area contributed by atoms with Crippen LogP contribution in [0.1, 0.15) is 69.5 Å². The maximum atomic E-state index is 6.10. The van der Waals surface area contributed by atoms with Gasteiger partial charge in [0.25, 0.3) is 0 Å². The molecule has 0 spiro atoms. The van der Waals surface area contributed by atoms with Crippen molar-refractivity contribution >= 4 is 0 Å². The lowest BCUT2D eigenvalue weighted by Gasteiger charge is -2.31. The minimum absolute atomic E-state index is 0.398. The molecule has 1 fully saturated rings. The molecular formula is C18H30N2. The van der Waals surface area contributed by atoms with Crippen LogP contribution in [0.3, 0.4) is 0 Å². The van der Waals surface area contributed by atoms with Gasteiger partial charge in [-0.25, -0.2) is 0 Å². The fourth-order valence-corrected chi connectivity index (χ4v) is 2.91. The van der Waals surface area contributed by atoms with E-state index in [2.05, 4.69) is 49.9 Å². The Labute approximate surface area is 124 Å². The highest BCUT2D eigenvalue weighted by molar-refractivity contribution is 5.27. The largest absolute Gasteiger partial charge is 0.329 e. The highest BCUT2D eigenvalue weighted by Crippen LogP contribution is 2.34. The van der Waals surface area contributed by atoms with Crippen molar-refractivity contribution < 1.29 is 0 Å². The number of nitrogens with two attached hydrogens (primary N) is 1. The van der Waals surface area contributed by atoms with E-state index in [1.54, 1.807) is 0 Å². The lowest BCUT2D eigenvalue weighted by molar-refractivity contribution is 0.188. The second-order valence-corrected chi connectivity index (χ2v) is 6.40. The van der Waals surface area contributed by atoms with E-state index in [1.165, 1.54) is 43.4 Å². The molecule has 0 heterocycles. The monoisotopic (exact) mass is 274 g/mol. The molecule has 20 heavy (non-hydrogen) atoms. The Morgan fingerprint density at radius 1 is 1.15 bits per heavy atom. The second-order valence-electron chi connectivity index (χ2n) is 6.40. The van der Waals surface area contributed by atoms with Crippen molar-refractivity contribution in [3.63, 3.8) is 0 Å². The molecule has 0 aromatic heterocycles. The van der Waals surface area contributed by atoms with Crippen LogP contribution in [-0.4, -0.2) is 24.0 Å². The van der Waals surface area contributed by atoms with E-state index >= 15 is 0 Å². The maximum absolute atomic E-state index is 6.10. The molecule has 1 saturated carbocycles. The Morgan fingerprint density at radius 3 is 2.20 bits per heavy atom. The molecule has 1 aliphatic rings. The van der Waals surface area contributed by atoms with Gasteiger partial charge in [0.15, 0.2) is 0 Å². The molecule has 1 aromatic rings. The Kier molecular flexibility index (Phi) is 5.62. The first-order valence-corrected chi connectivity index (χ1v) is 8.23. The molecule has 1 unspecified atom stereocenters. The number of hydrogen-bond donors (Lipinski definition) is 1. The Morgan fingerprint density at radius 2 is 1.75 bits per heavy atom. The van der Waals surface area contributed by atoms with Gasteiger partial charge in [-0.2, -0.15) is 0 Å². The molecule has 2 N–H and O–H groups in total. The summed E-state index contributed by atoms with van der Waals surface area (Å²) in [5.41, 5.74) is 8.90. The van der Waals surface area contributed by atoms with Crippen molar-refractivity contribution in [3.8, 4) is 0 Å². The van der Waals surface area contributed by atoms with Crippen LogP contribution in [0.2, 0.25) is 0 Å². The van der Waals surface area contributed by atoms with Crippen LogP contribution in [0.25, 0.3) is 0 Å². The average Bonchev–Trinajstić information content (AvgIpc) is 3.28. The van der Waals surface area contributed by atoms with Crippen molar-refractivity contribution in [1.82, 2.24) is 4.90 Å². The molecular weight excluding hydrogens is 244 g/mol. The van der Waals surface area contributed by atoms with Gasteiger partial charge in [-0.3, -0.25) is 4.90 Å². The molecule has 0 saturated heterocycles. The number of nitrogens with zero attached hydrogens (tertiary/aromatic N) is 1. The van der Waals surface area contributed by atoms with Gasteiger partial charge in [0.05, 0.1) is 0 Å². The van der Waals surface area contributed by atoms with Crippen molar-refractivity contribution in [2.45, 2.75) is 64.5 Å². The second kappa shape index (κ2) is 7.24. The van der Waals surface area contributed by atoms with E-state index in [1.807, 2.05) is 0 Å². The van der Waals surface area contributed by atoms with Crippen LogP contribution in [0.5, 0.6) is 0 Å². The third-order valence-corrected chi connectivity index (χ3v) is 4.40. The zero-order valence-electron chi connectivity index (χ0n) is 13.3. The van der Waals surface area contributed by atoms with Crippen LogP contribution in [-0.2, 0) is 0 Å². The van der Waals surface area contributed by atoms with Crippen LogP contribution >= 0.6 is 0 Å². The summed E-state index contributed by atoms with van der Waals surface area (Å²) in [4.78, 5) is 2.65. The Bertz CT molecular complexity index is 392. The number of benzene rings is 1. The summed E-state index contributed by atoms with van der Waals surface area (Å²) < 4.78 is 0. The van der Waals surface area contributed by atoms with E-state index < -0.39 is 0 Å². The molecule has 1 atom stereocenters. The summed E-state index contributed by atoms with van der Waals surface area (Å²) in [6, 6.07) is 10.3. The predicted octanol–water partition coefficient (Wildman–Crippen LogP) is 4.07. The number of hydrogen-bond acceptors (Lipinski definition) is 2. The van der Waals surface area contributed by atoms with Crippen molar-refractivity contribution in [2.75, 3.05) is 13.1 Å². The third kappa shape index (κ3) is 3.83. The van der Waals surface area contributed by atoms with Crippen molar-refractivity contribution in [2.24, 2.45) is 5.73 Å². The first-order chi connectivity index (χ1) is 9.67. The fourth-order valence-electron chi connectivity index (χ4n) is 2.91. The smallest absolute Gasteiger partial charge is 0.0473 e. The van der Waals surface area contributed by atoms with E-state index in [9.17, 15) is 0 Å². The quantitative estimate of drug-likeness (QED) is 0.774. The maximum Gasteiger partial charge on any atom is 0.0473 e. The first kappa shape index (κ1) is 15.5. The average molecular weight is 274 g/mol. The summed E-state index contributed by atoms with van der Waals surface area (Å²) in [6.07, 6.45) is 5.23. The molecule has 1 aromatic carbocycles. The van der Waals surface area contributed by atoms with Crippen molar-refractivity contribution in [3.05, 3.63) is 35.4 Å². The van der Waals surface area contributed by atoms with E-state index in [4.69, 9.17) is 5.73 Å². The molecule has 2 heteroatoms. The highest BCUT2D eigenvalue weighted by atomic mass is 15.2. The molecule has 112 valence electrons. The summed E-state index contributed by atoms with van der Waals surface area (Å²) in [7, 11) is 0. The Hall–Kier alpha value is -0.860. The molecule has 0 radical (unpaired) electrons. The van der Waals surface area contributed by atoms with Crippen LogP contribution in [0, 0.1) is 0 Å². The van der Waals surface area contributed by atoms with E-state index in [0.717, 1.165) is 12.6 Å². The normalized spacial score (nSPS) is 16.9. The van der Waals surface area contributed by atoms with Gasteiger partial charge in [0, 0.05) is 18.6 Å². The van der Waals surface area contributed by atoms with E-state index in [-0.39, 0.29) is 0 Å². The summed E-state index contributed by atoms with van der Waals surface area (Å²) in [5.74, 6) is 0.597. The lowest BCUT2D eigenvalue weighted by atomic mass is 9.98. The van der Waals surface area contributed by atoms with Crippen LogP contribution in [0.15, 0.2) is 24.3 Å². The molecule has 1 aliphatic carbocycles. The lowest BCUT2D eigenvalue weighted by Crippen LogP contribution is -2.36. The van der Waals surface area contributed by atoms with Gasteiger partial charge in [-0.15, -0.1) is 0 Å². The third-order valence-electron chi connectivity index (χ3n) is 4.40. The van der Waals surface area contributed by atoms with Crippen molar-refractivity contribution in [1.29, 1.82) is 0 Å². The van der Waals surface area contributed by atoms with Crippen LogP contribution in [0.4, 0.5) is 0 Å². The molecule has 2 nitrogen and oxygen atoms in total. The summed E-state index contributed by atoms with van der Waals surface area (Å²) >= 11 is 0. The fraction of sp³-hybridized carbons (Fsp3) is 0.667. The minimum atomic E-state index is 0.398. The van der Waals surface area contributed by atoms with Crippen LogP contribution < -0.4 is 5.73 Å². The predicted molar refractivity (Wildman–Crippen MR) is 87.0 cm³/mol. The van der Waals surface area contributed by atoms with Gasteiger partial charge in [-0.1, -0.05) is 51.5 Å².